The molecule has 0 saturated carbocycles. The summed E-state index contributed by atoms with van der Waals surface area (Å²) in [7, 11) is 0. The molecular weight excluding hydrogens is 236 g/mol. The smallest absolute Gasteiger partial charge is 0.168 e. The van der Waals surface area contributed by atoms with Gasteiger partial charge in [0.25, 0.3) is 0 Å². The van der Waals surface area contributed by atoms with Crippen molar-refractivity contribution in [2.24, 2.45) is 0 Å². The summed E-state index contributed by atoms with van der Waals surface area (Å²) in [4.78, 5) is 12.1. The summed E-state index contributed by atoms with van der Waals surface area (Å²) in [6.07, 6.45) is 0.203. The molecule has 0 N–H and O–H groups in total. The minimum atomic E-state index is -0.228. The van der Waals surface area contributed by atoms with Crippen molar-refractivity contribution in [1.29, 1.82) is 0 Å². The average Bonchev–Trinajstić information content (AvgIpc) is 2.70. The molecule has 1 atom stereocenters. The van der Waals surface area contributed by atoms with Crippen molar-refractivity contribution in [3.8, 4) is 0 Å². The van der Waals surface area contributed by atoms with E-state index >= 15 is 0 Å². The first-order valence-corrected chi connectivity index (χ1v) is 7.11. The van der Waals surface area contributed by atoms with Gasteiger partial charge in [0.2, 0.25) is 0 Å². The molecule has 94 valence electrons. The van der Waals surface area contributed by atoms with Gasteiger partial charge in [0, 0.05) is 23.7 Å². The zero-order valence-electron chi connectivity index (χ0n) is 10.3. The summed E-state index contributed by atoms with van der Waals surface area (Å²) in [5.74, 6) is 1.96. The number of aryl methyl sites for hydroxylation is 2. The summed E-state index contributed by atoms with van der Waals surface area (Å²) in [6, 6.07) is 1.98. The molecule has 0 amide bonds. The normalized spacial score (nSPS) is 20.5. The fourth-order valence-corrected chi connectivity index (χ4v) is 2.86. The molecule has 0 aromatic carbocycles. The van der Waals surface area contributed by atoms with E-state index in [2.05, 4.69) is 5.10 Å². The van der Waals surface area contributed by atoms with Gasteiger partial charge in [0.15, 0.2) is 5.78 Å². The maximum absolute atomic E-state index is 12.1. The van der Waals surface area contributed by atoms with Gasteiger partial charge < -0.3 is 4.74 Å². The van der Waals surface area contributed by atoms with Crippen molar-refractivity contribution in [2.75, 3.05) is 18.1 Å². The van der Waals surface area contributed by atoms with Gasteiger partial charge in [-0.3, -0.25) is 9.48 Å². The Hall–Kier alpha value is -0.810. The van der Waals surface area contributed by atoms with E-state index in [1.54, 1.807) is 11.8 Å². The molecule has 1 fully saturated rings. The Morgan fingerprint density at radius 3 is 3.18 bits per heavy atom. The molecule has 0 radical (unpaired) electrons. The molecule has 1 aliphatic rings. The third kappa shape index (κ3) is 3.10. The van der Waals surface area contributed by atoms with E-state index in [-0.39, 0.29) is 11.9 Å². The number of thioether (sulfide) groups is 1. The van der Waals surface area contributed by atoms with E-state index in [4.69, 9.17) is 4.74 Å². The molecule has 0 aliphatic carbocycles. The highest BCUT2D eigenvalue weighted by Gasteiger charge is 2.23. The molecular formula is C12H18N2O2S. The first kappa shape index (κ1) is 12.6. The maximum atomic E-state index is 12.1. The van der Waals surface area contributed by atoms with E-state index < -0.39 is 0 Å². The lowest BCUT2D eigenvalue weighted by atomic mass is 10.1. The molecule has 4 nitrogen and oxygen atoms in total. The van der Waals surface area contributed by atoms with E-state index in [1.165, 1.54) is 0 Å². The number of ketones is 1. The Morgan fingerprint density at radius 2 is 2.53 bits per heavy atom. The number of Topliss-reactive ketones (excluding diaryl/α,β-unsaturated/α-hetero) is 1. The van der Waals surface area contributed by atoms with Crippen LogP contribution in [-0.2, 0) is 22.5 Å². The Balaban J connectivity index is 2.01. The van der Waals surface area contributed by atoms with Crippen LogP contribution in [0, 0.1) is 6.92 Å². The van der Waals surface area contributed by atoms with Crippen LogP contribution in [0.15, 0.2) is 6.07 Å². The maximum Gasteiger partial charge on any atom is 0.168 e. The second-order valence-electron chi connectivity index (χ2n) is 4.17. The summed E-state index contributed by atoms with van der Waals surface area (Å²) in [6.45, 7) is 5.48. The number of aromatic nitrogens is 2. The van der Waals surface area contributed by atoms with Crippen molar-refractivity contribution < 1.29 is 9.53 Å². The molecule has 1 unspecified atom stereocenters. The first-order chi connectivity index (χ1) is 8.20. The minimum absolute atomic E-state index is 0.173. The number of hydrogen-bond acceptors (Lipinski definition) is 4. The lowest BCUT2D eigenvalue weighted by Crippen LogP contribution is -2.33. The minimum Gasteiger partial charge on any atom is -0.369 e. The molecule has 1 saturated heterocycles. The largest absolute Gasteiger partial charge is 0.369 e. The second-order valence-corrected chi connectivity index (χ2v) is 5.32. The van der Waals surface area contributed by atoms with Crippen LogP contribution in [0.1, 0.15) is 18.3 Å². The Labute approximate surface area is 106 Å². The number of carbonyl (C=O) groups excluding carboxylic acids is 1. The predicted molar refractivity (Wildman–Crippen MR) is 68.4 cm³/mol. The van der Waals surface area contributed by atoms with E-state index in [0.717, 1.165) is 29.4 Å². The van der Waals surface area contributed by atoms with Crippen molar-refractivity contribution in [3.05, 3.63) is 17.5 Å². The summed E-state index contributed by atoms with van der Waals surface area (Å²) >= 11 is 1.79. The van der Waals surface area contributed by atoms with E-state index in [9.17, 15) is 4.79 Å². The van der Waals surface area contributed by atoms with Crippen LogP contribution in [0.4, 0.5) is 0 Å². The molecule has 1 aromatic rings. The SMILES string of the molecule is CCn1nc(C)cc1CC(=O)C1CSCCO1. The molecule has 5 heteroatoms. The predicted octanol–water partition coefficient (Wildman–Crippen LogP) is 1.46. The highest BCUT2D eigenvalue weighted by Crippen LogP contribution is 2.15. The fraction of sp³-hybridized carbons (Fsp3) is 0.667. The highest BCUT2D eigenvalue weighted by atomic mass is 32.2. The van der Waals surface area contributed by atoms with E-state index in [1.807, 2.05) is 24.6 Å². The molecule has 2 heterocycles. The van der Waals surface area contributed by atoms with Gasteiger partial charge in [-0.1, -0.05) is 0 Å². The monoisotopic (exact) mass is 254 g/mol. The molecule has 0 spiro atoms. The van der Waals surface area contributed by atoms with Crippen LogP contribution in [0.25, 0.3) is 0 Å². The van der Waals surface area contributed by atoms with Gasteiger partial charge >= 0.3 is 0 Å². The number of rotatable bonds is 4. The standard InChI is InChI=1S/C12H18N2O2S/c1-3-14-10(6-9(2)13-14)7-11(15)12-8-17-5-4-16-12/h6,12H,3-5,7-8H2,1-2H3. The van der Waals surface area contributed by atoms with Gasteiger partial charge in [-0.25, -0.2) is 0 Å². The van der Waals surface area contributed by atoms with Crippen LogP contribution >= 0.6 is 11.8 Å². The van der Waals surface area contributed by atoms with Crippen LogP contribution in [0.5, 0.6) is 0 Å². The Bertz CT molecular complexity index is 397. The zero-order valence-corrected chi connectivity index (χ0v) is 11.1. The van der Waals surface area contributed by atoms with Crippen LogP contribution in [-0.4, -0.2) is 39.8 Å². The van der Waals surface area contributed by atoms with Crippen LogP contribution < -0.4 is 0 Å². The first-order valence-electron chi connectivity index (χ1n) is 5.96. The van der Waals surface area contributed by atoms with Crippen molar-refractivity contribution in [3.63, 3.8) is 0 Å². The van der Waals surface area contributed by atoms with Gasteiger partial charge in [-0.15, -0.1) is 0 Å². The zero-order chi connectivity index (χ0) is 12.3. The van der Waals surface area contributed by atoms with Gasteiger partial charge in [0.1, 0.15) is 6.10 Å². The molecule has 1 aliphatic heterocycles. The van der Waals surface area contributed by atoms with Gasteiger partial charge in [-0.2, -0.15) is 16.9 Å². The van der Waals surface area contributed by atoms with E-state index in [0.29, 0.717) is 13.0 Å². The molecule has 2 rings (SSSR count). The van der Waals surface area contributed by atoms with Crippen molar-refractivity contribution in [2.45, 2.75) is 32.9 Å². The summed E-state index contributed by atoms with van der Waals surface area (Å²) < 4.78 is 7.38. The summed E-state index contributed by atoms with van der Waals surface area (Å²) in [5, 5.41) is 4.35. The molecule has 1 aromatic heterocycles. The van der Waals surface area contributed by atoms with Crippen LogP contribution in [0.3, 0.4) is 0 Å². The lowest BCUT2D eigenvalue weighted by Gasteiger charge is -2.21. The highest BCUT2D eigenvalue weighted by molar-refractivity contribution is 7.99. The quantitative estimate of drug-likeness (QED) is 0.816. The third-order valence-corrected chi connectivity index (χ3v) is 3.81. The fourth-order valence-electron chi connectivity index (χ4n) is 1.98. The number of ether oxygens (including phenoxy) is 1. The molecule has 17 heavy (non-hydrogen) atoms. The number of hydrogen-bond donors (Lipinski definition) is 0. The van der Waals surface area contributed by atoms with Crippen molar-refractivity contribution >= 4 is 17.5 Å². The third-order valence-electron chi connectivity index (χ3n) is 2.82. The van der Waals surface area contributed by atoms with Crippen molar-refractivity contribution in [1.82, 2.24) is 9.78 Å². The number of carbonyl (C=O) groups is 1. The number of nitrogens with zero attached hydrogens (tertiary/aromatic N) is 2. The Kier molecular flexibility index (Phi) is 4.23. The topological polar surface area (TPSA) is 44.1 Å². The lowest BCUT2D eigenvalue weighted by molar-refractivity contribution is -0.128. The average molecular weight is 254 g/mol. The second kappa shape index (κ2) is 5.69. The summed E-state index contributed by atoms with van der Waals surface area (Å²) in [5.41, 5.74) is 1.96. The van der Waals surface area contributed by atoms with Gasteiger partial charge in [0.05, 0.1) is 18.7 Å². The Morgan fingerprint density at radius 1 is 1.71 bits per heavy atom. The van der Waals surface area contributed by atoms with Crippen LogP contribution in [0.2, 0.25) is 0 Å². The van der Waals surface area contributed by atoms with Gasteiger partial charge in [-0.05, 0) is 19.9 Å². The molecule has 0 bridgehead atoms.